The zero-order valence-electron chi connectivity index (χ0n) is 16.6. The molecule has 0 aliphatic carbocycles. The van der Waals surface area contributed by atoms with Gasteiger partial charge in [0.1, 0.15) is 5.69 Å². The predicted octanol–water partition coefficient (Wildman–Crippen LogP) is 6.94. The van der Waals surface area contributed by atoms with Gasteiger partial charge in [0.2, 0.25) is 5.95 Å². The Morgan fingerprint density at radius 1 is 0.862 bits per heavy atom. The smallest absolute Gasteiger partial charge is 0.213 e. The largest absolute Gasteiger partial charge is 0.228 e. The van der Waals surface area contributed by atoms with Gasteiger partial charge >= 0.3 is 0 Å². The maximum absolute atomic E-state index is 13.4. The molecule has 0 N–H and O–H groups in total. The summed E-state index contributed by atoms with van der Waals surface area (Å²) in [5.41, 5.74) is 2.77. The Morgan fingerprint density at radius 3 is 2.31 bits per heavy atom. The molecule has 6 heteroatoms. The van der Waals surface area contributed by atoms with Crippen LogP contribution in [0.2, 0.25) is 0 Å². The van der Waals surface area contributed by atoms with E-state index in [0.717, 1.165) is 33.1 Å². The maximum Gasteiger partial charge on any atom is 0.213 e. The molecule has 29 heavy (non-hydrogen) atoms. The van der Waals surface area contributed by atoms with Gasteiger partial charge in [-0.1, -0.05) is 20.8 Å². The van der Waals surface area contributed by atoms with Gasteiger partial charge in [0.05, 0.1) is 10.6 Å². The number of halogens is 1. The molecule has 0 bridgehead atoms. The van der Waals surface area contributed by atoms with Crippen molar-refractivity contribution < 1.29 is 4.39 Å². The van der Waals surface area contributed by atoms with Crippen LogP contribution < -0.4 is 0 Å². The zero-order chi connectivity index (χ0) is 20.4. The maximum atomic E-state index is 13.4. The molecule has 4 heterocycles. The highest BCUT2D eigenvalue weighted by Gasteiger charge is 2.13. The van der Waals surface area contributed by atoms with Gasteiger partial charge in [-0.05, 0) is 66.3 Å². The highest BCUT2D eigenvalue weighted by Crippen LogP contribution is 2.34. The summed E-state index contributed by atoms with van der Waals surface area (Å²) in [7, 11) is 0. The van der Waals surface area contributed by atoms with Crippen LogP contribution in [-0.2, 0) is 6.42 Å². The van der Waals surface area contributed by atoms with Crippen LogP contribution in [-0.4, -0.2) is 15.2 Å². The summed E-state index contributed by atoms with van der Waals surface area (Å²) < 4.78 is 13.4. The van der Waals surface area contributed by atoms with Crippen molar-refractivity contribution in [2.75, 3.05) is 0 Å². The van der Waals surface area contributed by atoms with Gasteiger partial charge in [-0.25, -0.2) is 4.98 Å². The summed E-state index contributed by atoms with van der Waals surface area (Å²) in [5, 5.41) is 8.90. The lowest BCUT2D eigenvalue weighted by Gasteiger charge is -2.08. The standard InChI is InChI=1S/C23H22FN3S2/c1-14(2)19-6-9-22(28-19)18-5-4-17(26-27-18)12-15(3)20-7-8-21(29-20)16-10-11-25-23(24)13-16/h4-11,13-15H,12H2,1-3H3. The van der Waals surface area contributed by atoms with Crippen LogP contribution >= 0.6 is 22.7 Å². The molecule has 0 spiro atoms. The van der Waals surface area contributed by atoms with E-state index >= 15 is 0 Å². The van der Waals surface area contributed by atoms with Crippen LogP contribution in [0.5, 0.6) is 0 Å². The lowest BCUT2D eigenvalue weighted by Crippen LogP contribution is -2.00. The Hall–Kier alpha value is -2.44. The molecule has 0 aliphatic heterocycles. The van der Waals surface area contributed by atoms with Crippen LogP contribution in [0.4, 0.5) is 4.39 Å². The zero-order valence-corrected chi connectivity index (χ0v) is 18.2. The first-order valence-electron chi connectivity index (χ1n) is 9.64. The predicted molar refractivity (Wildman–Crippen MR) is 119 cm³/mol. The molecule has 0 aliphatic rings. The molecule has 4 aromatic rings. The van der Waals surface area contributed by atoms with Crippen LogP contribution in [0.3, 0.4) is 0 Å². The third-order valence-electron chi connectivity index (χ3n) is 4.81. The van der Waals surface area contributed by atoms with Gasteiger partial charge in [-0.15, -0.1) is 27.8 Å². The molecular weight excluding hydrogens is 401 g/mol. The van der Waals surface area contributed by atoms with Crippen molar-refractivity contribution in [3.8, 4) is 21.0 Å². The van der Waals surface area contributed by atoms with Crippen LogP contribution in [0, 0.1) is 5.95 Å². The number of pyridine rings is 1. The fourth-order valence-corrected chi connectivity index (χ4v) is 5.17. The molecule has 0 aromatic carbocycles. The molecule has 1 atom stereocenters. The Bertz CT molecular complexity index is 1100. The monoisotopic (exact) mass is 423 g/mol. The first-order valence-corrected chi connectivity index (χ1v) is 11.3. The van der Waals surface area contributed by atoms with E-state index in [1.807, 2.05) is 12.1 Å². The van der Waals surface area contributed by atoms with E-state index in [-0.39, 0.29) is 0 Å². The topological polar surface area (TPSA) is 38.7 Å². The van der Waals surface area contributed by atoms with Gasteiger partial charge in [-0.2, -0.15) is 9.49 Å². The van der Waals surface area contributed by atoms with Crippen molar-refractivity contribution in [1.29, 1.82) is 0 Å². The Balaban J connectivity index is 1.45. The minimum Gasteiger partial charge on any atom is -0.228 e. The normalized spacial score (nSPS) is 12.4. The van der Waals surface area contributed by atoms with Gasteiger partial charge in [0, 0.05) is 26.9 Å². The fraction of sp³-hybridized carbons (Fsp3) is 0.261. The van der Waals surface area contributed by atoms with Crippen molar-refractivity contribution in [2.45, 2.75) is 39.0 Å². The third kappa shape index (κ3) is 4.60. The van der Waals surface area contributed by atoms with Crippen molar-refractivity contribution in [3.05, 3.63) is 76.1 Å². The van der Waals surface area contributed by atoms with Crippen molar-refractivity contribution in [2.24, 2.45) is 0 Å². The van der Waals surface area contributed by atoms with E-state index < -0.39 is 5.95 Å². The Labute approximate surface area is 178 Å². The minimum atomic E-state index is -0.452. The summed E-state index contributed by atoms with van der Waals surface area (Å²) in [6.45, 7) is 6.59. The van der Waals surface area contributed by atoms with E-state index in [1.54, 1.807) is 22.7 Å². The van der Waals surface area contributed by atoms with E-state index in [2.05, 4.69) is 66.3 Å². The molecular formula is C23H22FN3S2. The van der Waals surface area contributed by atoms with Crippen molar-refractivity contribution in [3.63, 3.8) is 0 Å². The highest BCUT2D eigenvalue weighted by atomic mass is 32.1. The SMILES string of the molecule is CC(C)c1ccc(-c2ccc(CC(C)c3ccc(-c4ccnc(F)c4)s3)nn2)s1. The number of nitrogens with zero attached hydrogens (tertiary/aromatic N) is 3. The minimum absolute atomic E-state index is 0.315. The molecule has 0 amide bonds. The Morgan fingerprint density at radius 2 is 1.62 bits per heavy atom. The van der Waals surface area contributed by atoms with Gasteiger partial charge in [-0.3, -0.25) is 0 Å². The highest BCUT2D eigenvalue weighted by molar-refractivity contribution is 7.15. The van der Waals surface area contributed by atoms with Crippen molar-refractivity contribution >= 4 is 22.7 Å². The van der Waals surface area contributed by atoms with Gasteiger partial charge < -0.3 is 0 Å². The fourth-order valence-electron chi connectivity index (χ4n) is 3.14. The Kier molecular flexibility index (Phi) is 5.83. The average Bonchev–Trinajstić information content (AvgIpc) is 3.39. The first kappa shape index (κ1) is 19.9. The molecule has 0 saturated carbocycles. The molecule has 148 valence electrons. The van der Waals surface area contributed by atoms with Gasteiger partial charge in [0.15, 0.2) is 0 Å². The van der Waals surface area contributed by atoms with Crippen LogP contribution in [0.25, 0.3) is 21.0 Å². The molecule has 1 unspecified atom stereocenters. The lowest BCUT2D eigenvalue weighted by atomic mass is 10.0. The number of rotatable bonds is 6. The number of thiophene rings is 2. The molecule has 0 saturated heterocycles. The lowest BCUT2D eigenvalue weighted by molar-refractivity contribution is 0.584. The average molecular weight is 424 g/mol. The molecule has 4 aromatic heterocycles. The van der Waals surface area contributed by atoms with Gasteiger partial charge in [0.25, 0.3) is 0 Å². The molecule has 4 rings (SSSR count). The van der Waals surface area contributed by atoms with E-state index in [0.29, 0.717) is 11.8 Å². The summed E-state index contributed by atoms with van der Waals surface area (Å²) in [6.07, 6.45) is 2.32. The second-order valence-electron chi connectivity index (χ2n) is 7.44. The number of hydrogen-bond acceptors (Lipinski definition) is 5. The quantitative estimate of drug-likeness (QED) is 0.315. The number of aromatic nitrogens is 3. The summed E-state index contributed by atoms with van der Waals surface area (Å²) in [4.78, 5) is 8.45. The van der Waals surface area contributed by atoms with E-state index in [9.17, 15) is 4.39 Å². The van der Waals surface area contributed by atoms with E-state index in [1.165, 1.54) is 22.0 Å². The molecule has 0 radical (unpaired) electrons. The summed E-state index contributed by atoms with van der Waals surface area (Å²) in [5.74, 6) is 0.392. The first-order chi connectivity index (χ1) is 14.0. The molecule has 0 fully saturated rings. The van der Waals surface area contributed by atoms with Crippen LogP contribution in [0.1, 0.15) is 48.1 Å². The second kappa shape index (κ2) is 8.51. The summed E-state index contributed by atoms with van der Waals surface area (Å²) in [6, 6.07) is 15.9. The summed E-state index contributed by atoms with van der Waals surface area (Å²) >= 11 is 3.47. The van der Waals surface area contributed by atoms with Crippen LogP contribution in [0.15, 0.2) is 54.7 Å². The third-order valence-corrected chi connectivity index (χ3v) is 7.58. The molecule has 3 nitrogen and oxygen atoms in total. The van der Waals surface area contributed by atoms with E-state index in [4.69, 9.17) is 0 Å². The van der Waals surface area contributed by atoms with Crippen molar-refractivity contribution in [1.82, 2.24) is 15.2 Å². The number of hydrogen-bond donors (Lipinski definition) is 0. The second-order valence-corrected chi connectivity index (χ2v) is 9.67.